The predicted molar refractivity (Wildman–Crippen MR) is 347 cm³/mol. The molecule has 420 valence electrons. The second kappa shape index (κ2) is 17.3. The number of para-hydroxylation sites is 1. The highest BCUT2D eigenvalue weighted by Crippen LogP contribution is 2.59. The summed E-state index contributed by atoms with van der Waals surface area (Å²) in [4.78, 5) is 8.00. The fourth-order valence-corrected chi connectivity index (χ4v) is 16.1. The third kappa shape index (κ3) is 8.24. The van der Waals surface area contributed by atoms with E-state index in [-0.39, 0.29) is 55.4 Å². The zero-order valence-corrected chi connectivity index (χ0v) is 53.0. The number of anilines is 9. The first-order valence-corrected chi connectivity index (χ1v) is 31.1. The molecule has 4 aliphatic carbocycles. The highest BCUT2D eigenvalue weighted by Gasteiger charge is 2.54. The van der Waals surface area contributed by atoms with Crippen molar-refractivity contribution in [2.24, 2.45) is 0 Å². The Balaban J connectivity index is 1.21. The molecule has 0 atom stereocenters. The van der Waals surface area contributed by atoms with Crippen LogP contribution in [0, 0.1) is 0 Å². The molecule has 0 bridgehead atoms. The Labute approximate surface area is 488 Å². The minimum atomic E-state index is -0.165. The van der Waals surface area contributed by atoms with Gasteiger partial charge in [0.25, 0.3) is 6.71 Å². The summed E-state index contributed by atoms with van der Waals surface area (Å²) in [6.45, 7) is 46.5. The maximum atomic E-state index is 8.01. The minimum absolute atomic E-state index is 0.00252. The molecule has 0 saturated carbocycles. The number of nitrogens with zero attached hydrogens (tertiary/aromatic N) is 3. The lowest BCUT2D eigenvalue weighted by atomic mass is 9.35. The van der Waals surface area contributed by atoms with Gasteiger partial charge >= 0.3 is 0 Å². The van der Waals surface area contributed by atoms with Crippen molar-refractivity contribution in [3.05, 3.63) is 166 Å². The number of hydrogen-bond acceptors (Lipinski definition) is 4. The van der Waals surface area contributed by atoms with Crippen LogP contribution in [0.25, 0.3) is 0 Å². The van der Waals surface area contributed by atoms with Crippen molar-refractivity contribution in [2.45, 2.75) is 232 Å². The van der Waals surface area contributed by atoms with Crippen LogP contribution in [0.4, 0.5) is 51.2 Å². The quantitative estimate of drug-likeness (QED) is 0.160. The fourth-order valence-electron chi connectivity index (χ4n) is 16.1. The van der Waals surface area contributed by atoms with Gasteiger partial charge in [0.05, 0.1) is 17.0 Å². The smallest absolute Gasteiger partial charge is 0.297 e. The van der Waals surface area contributed by atoms with Crippen molar-refractivity contribution in [2.75, 3.05) is 14.7 Å². The molecule has 0 unspecified atom stereocenters. The summed E-state index contributed by atoms with van der Waals surface area (Å²) in [6.07, 6.45) is 9.09. The van der Waals surface area contributed by atoms with Gasteiger partial charge in [-0.3, -0.25) is 0 Å². The van der Waals surface area contributed by atoms with Crippen LogP contribution >= 0.6 is 0 Å². The molecule has 1 aromatic heterocycles. The summed E-state index contributed by atoms with van der Waals surface area (Å²) in [5, 5.41) is 0. The van der Waals surface area contributed by atoms with Gasteiger partial charge in [-0.1, -0.05) is 180 Å². The molecule has 0 spiro atoms. The molecule has 0 fully saturated rings. The van der Waals surface area contributed by atoms with Crippen molar-refractivity contribution >= 4 is 74.5 Å². The fraction of sp³-hybridized carbons (Fsp3) is 0.474. The average Bonchev–Trinajstić information content (AvgIpc) is 2.01. The Hall–Kier alpha value is -5.94. The largest absolute Gasteiger partial charge is 0.472 e. The summed E-state index contributed by atoms with van der Waals surface area (Å²) in [5.41, 5.74) is 26.0. The van der Waals surface area contributed by atoms with Gasteiger partial charge in [0.1, 0.15) is 5.76 Å². The molecule has 2 aliphatic heterocycles. The molecule has 7 aromatic rings. The van der Waals surface area contributed by atoms with Gasteiger partial charge in [0.15, 0.2) is 0 Å². The maximum absolute atomic E-state index is 8.01. The number of fused-ring (bicyclic) bond motifs is 9. The van der Waals surface area contributed by atoms with Gasteiger partial charge in [-0.05, 0) is 211 Å². The second-order valence-electron chi connectivity index (χ2n) is 32.5. The number of benzene rings is 6. The van der Waals surface area contributed by atoms with E-state index in [4.69, 9.17) is 4.42 Å². The summed E-state index contributed by atoms with van der Waals surface area (Å²) in [7, 11) is 0. The highest BCUT2D eigenvalue weighted by atomic mass is 16.3. The van der Waals surface area contributed by atoms with Crippen LogP contribution in [0.5, 0.6) is 0 Å². The van der Waals surface area contributed by atoms with Gasteiger partial charge in [-0.15, -0.1) is 0 Å². The lowest BCUT2D eigenvalue weighted by molar-refractivity contribution is 0.282. The molecule has 13 rings (SSSR count). The number of rotatable bonds is 5. The third-order valence-electron chi connectivity index (χ3n) is 22.0. The van der Waals surface area contributed by atoms with Crippen molar-refractivity contribution < 1.29 is 4.42 Å². The molecule has 5 heteroatoms. The molecule has 0 amide bonds. The topological polar surface area (TPSA) is 22.9 Å². The minimum Gasteiger partial charge on any atom is -0.472 e. The third-order valence-corrected chi connectivity index (χ3v) is 22.0. The van der Waals surface area contributed by atoms with Crippen molar-refractivity contribution in [3.63, 3.8) is 0 Å². The van der Waals surface area contributed by atoms with Crippen LogP contribution < -0.4 is 31.3 Å². The Kier molecular flexibility index (Phi) is 11.6. The van der Waals surface area contributed by atoms with Crippen LogP contribution in [-0.4, -0.2) is 6.71 Å². The first-order chi connectivity index (χ1) is 37.7. The van der Waals surface area contributed by atoms with E-state index >= 15 is 0 Å². The molecular weight excluding hydrogens is 982 g/mol. The highest BCUT2D eigenvalue weighted by molar-refractivity contribution is 6.99. The molecule has 3 heterocycles. The van der Waals surface area contributed by atoms with E-state index in [1.54, 1.807) is 0 Å². The van der Waals surface area contributed by atoms with E-state index in [2.05, 4.69) is 262 Å². The van der Waals surface area contributed by atoms with E-state index in [0.29, 0.717) is 0 Å². The normalized spacial score (nSPS) is 21.3. The Morgan fingerprint density at radius 2 is 0.840 bits per heavy atom. The zero-order chi connectivity index (χ0) is 57.7. The van der Waals surface area contributed by atoms with Gasteiger partial charge in [-0.25, -0.2) is 0 Å². The zero-order valence-electron chi connectivity index (χ0n) is 53.0. The van der Waals surface area contributed by atoms with Crippen LogP contribution in [0.15, 0.2) is 120 Å². The van der Waals surface area contributed by atoms with Crippen LogP contribution in [-0.2, 0) is 48.7 Å². The molecule has 6 aliphatic rings. The Bertz CT molecular complexity index is 3720. The molecule has 0 saturated heterocycles. The van der Waals surface area contributed by atoms with Gasteiger partial charge in [0.2, 0.25) is 0 Å². The van der Waals surface area contributed by atoms with Crippen LogP contribution in [0.3, 0.4) is 0 Å². The number of hydrogen-bond donors (Lipinski definition) is 0. The van der Waals surface area contributed by atoms with E-state index in [1.165, 1.54) is 102 Å². The van der Waals surface area contributed by atoms with Gasteiger partial charge < -0.3 is 19.1 Å². The molecule has 0 radical (unpaired) electrons. The van der Waals surface area contributed by atoms with Gasteiger partial charge in [-0.2, -0.15) is 0 Å². The molecular formula is C76H92BN3O. The standard InChI is InChI=1S/C76H92BN3O/c1-68(2,3)47-25-27-49(28-26-47)78(48-23-21-20-22-24-48)52-43-61-64-62(44-52)80(51-30-32-54-56(42-51)72(10,11)36-34-70(54,6)7)65-63-66(76(18,19)40-39-75(63,16)17)81-67(65)77(64)59-45-57-58(74(14,15)38-37-73(57,12)13)46-60(59)79(61)50-29-31-53-55(41-50)71(8,9)35-33-69(53,4)5/h20-32,41-46H,33-40H2,1-19H3. The van der Waals surface area contributed by atoms with Crippen LogP contribution in [0.2, 0.25) is 0 Å². The monoisotopic (exact) mass is 1070 g/mol. The SMILES string of the molecule is CC(C)(C)c1ccc(N(c2ccccc2)c2cc3c4c(c2)N(c2ccc5c(c2)C(C)(C)CCC5(C)C)c2c(oc5c2C(C)(C)CCC5(C)C)B4c2cc4c(cc2N3c2ccc3c(c2)C(C)(C)CCC3(C)C)C(C)(C)CCC4(C)C)cc1. The first-order valence-electron chi connectivity index (χ1n) is 31.1. The lowest BCUT2D eigenvalue weighted by Crippen LogP contribution is -2.61. The predicted octanol–water partition coefficient (Wildman–Crippen LogP) is 19.5. The summed E-state index contributed by atoms with van der Waals surface area (Å²) in [5.74, 6) is 1.16. The lowest BCUT2D eigenvalue weighted by Gasteiger charge is -2.48. The molecule has 81 heavy (non-hydrogen) atoms. The molecule has 4 nitrogen and oxygen atoms in total. The Morgan fingerprint density at radius 1 is 0.407 bits per heavy atom. The van der Waals surface area contributed by atoms with E-state index in [1.807, 2.05) is 0 Å². The Morgan fingerprint density at radius 3 is 1.36 bits per heavy atom. The maximum Gasteiger partial charge on any atom is 0.297 e. The second-order valence-corrected chi connectivity index (χ2v) is 32.5. The van der Waals surface area contributed by atoms with Crippen LogP contribution in [0.1, 0.15) is 233 Å². The average molecular weight is 1070 g/mol. The van der Waals surface area contributed by atoms with Gasteiger partial charge in [0, 0.05) is 50.8 Å². The van der Waals surface area contributed by atoms with Crippen molar-refractivity contribution in [3.8, 4) is 0 Å². The summed E-state index contributed by atoms with van der Waals surface area (Å²) < 4.78 is 8.01. The molecule has 6 aromatic carbocycles. The van der Waals surface area contributed by atoms with E-state index in [9.17, 15) is 0 Å². The van der Waals surface area contributed by atoms with Crippen molar-refractivity contribution in [1.29, 1.82) is 0 Å². The van der Waals surface area contributed by atoms with Crippen molar-refractivity contribution in [1.82, 2.24) is 0 Å². The summed E-state index contributed by atoms with van der Waals surface area (Å²) in [6, 6.07) is 46.3. The van der Waals surface area contributed by atoms with E-state index in [0.717, 1.165) is 67.0 Å². The summed E-state index contributed by atoms with van der Waals surface area (Å²) >= 11 is 0. The van der Waals surface area contributed by atoms with E-state index < -0.39 is 0 Å². The first kappa shape index (κ1) is 54.3. The number of furan rings is 1. The molecule has 0 N–H and O–H groups in total.